The molecule has 0 radical (unpaired) electrons. The number of carbonyl (C=O) groups excluding carboxylic acids is 2. The summed E-state index contributed by atoms with van der Waals surface area (Å²) in [4.78, 5) is 28.0. The van der Waals surface area contributed by atoms with Gasteiger partial charge in [0.2, 0.25) is 15.9 Å². The molecule has 2 amide bonds. The largest absolute Gasteiger partial charge is 0.347 e. The van der Waals surface area contributed by atoms with Crippen molar-refractivity contribution in [2.45, 2.75) is 42.7 Å². The Hall–Kier alpha value is -2.49. The second-order valence-corrected chi connectivity index (χ2v) is 11.5. The predicted octanol–water partition coefficient (Wildman–Crippen LogP) is 3.60. The van der Waals surface area contributed by atoms with E-state index >= 15 is 0 Å². The van der Waals surface area contributed by atoms with Crippen molar-refractivity contribution in [3.05, 3.63) is 64.4 Å². The maximum Gasteiger partial charge on any atom is 0.254 e. The number of nitrogens with one attached hydrogen (secondary N) is 1. The molecule has 1 aliphatic heterocycles. The summed E-state index contributed by atoms with van der Waals surface area (Å²) in [6.45, 7) is 0.394. The maximum absolute atomic E-state index is 14.0. The molecule has 2 atom stereocenters. The fourth-order valence-electron chi connectivity index (χ4n) is 4.31. The smallest absolute Gasteiger partial charge is 0.254 e. The Morgan fingerprint density at radius 1 is 1.15 bits per heavy atom. The molecule has 2 aromatic rings. The van der Waals surface area contributed by atoms with Crippen molar-refractivity contribution in [2.24, 2.45) is 5.92 Å². The lowest BCUT2D eigenvalue weighted by molar-refractivity contribution is -0.125. The minimum absolute atomic E-state index is 0.0158. The Morgan fingerprint density at radius 3 is 2.53 bits per heavy atom. The summed E-state index contributed by atoms with van der Waals surface area (Å²) in [6.07, 6.45) is 3.01. The Bertz CT molecular complexity index is 1220. The van der Waals surface area contributed by atoms with E-state index in [2.05, 4.69) is 5.32 Å². The monoisotopic (exact) mass is 507 g/mol. The molecule has 1 saturated carbocycles. The zero-order valence-corrected chi connectivity index (χ0v) is 20.6. The van der Waals surface area contributed by atoms with Gasteiger partial charge in [0.05, 0.1) is 16.0 Å². The third-order valence-electron chi connectivity index (χ3n) is 6.37. The standard InChI is InChI=1S/C24H27ClFN3O4S/c1-28(2)34(32,33)18-6-3-5-17(13-18)24(31)29-12-4-7-21(29)23(30)27-22(15-8-9-15)16-10-11-19(25)20(26)14-16/h3,5-6,10-11,13-15,21-22H,4,7-9,12H2,1-2H3,(H,27,30)/t21-,22-/m1/s1. The van der Waals surface area contributed by atoms with Gasteiger partial charge < -0.3 is 10.2 Å². The van der Waals surface area contributed by atoms with Crippen LogP contribution >= 0.6 is 11.6 Å². The number of sulfonamides is 1. The number of halogens is 2. The number of nitrogens with zero attached hydrogens (tertiary/aromatic N) is 2. The molecule has 2 fully saturated rings. The zero-order chi connectivity index (χ0) is 24.6. The summed E-state index contributed by atoms with van der Waals surface area (Å²) in [5.74, 6) is -1.02. The van der Waals surface area contributed by atoms with Crippen molar-refractivity contribution in [1.29, 1.82) is 0 Å². The van der Waals surface area contributed by atoms with Crippen LogP contribution in [0.4, 0.5) is 4.39 Å². The van der Waals surface area contributed by atoms with Crippen LogP contribution in [0.5, 0.6) is 0 Å². The molecule has 1 N–H and O–H groups in total. The fourth-order valence-corrected chi connectivity index (χ4v) is 5.37. The van der Waals surface area contributed by atoms with Crippen LogP contribution in [0.15, 0.2) is 47.4 Å². The number of hydrogen-bond donors (Lipinski definition) is 1. The molecule has 34 heavy (non-hydrogen) atoms. The van der Waals surface area contributed by atoms with Gasteiger partial charge in [-0.1, -0.05) is 23.7 Å². The second kappa shape index (κ2) is 9.64. The molecule has 1 aliphatic carbocycles. The Morgan fingerprint density at radius 2 is 1.88 bits per heavy atom. The highest BCUT2D eigenvalue weighted by Crippen LogP contribution is 2.41. The lowest BCUT2D eigenvalue weighted by Crippen LogP contribution is -2.47. The normalized spacial score (nSPS) is 19.3. The van der Waals surface area contributed by atoms with Crippen molar-refractivity contribution >= 4 is 33.4 Å². The topological polar surface area (TPSA) is 86.8 Å². The molecule has 0 aromatic heterocycles. The average Bonchev–Trinajstić information content (AvgIpc) is 3.53. The molecule has 0 bridgehead atoms. The van der Waals surface area contributed by atoms with Gasteiger partial charge in [0.25, 0.3) is 5.91 Å². The molecule has 1 saturated heterocycles. The van der Waals surface area contributed by atoms with E-state index in [0.717, 1.165) is 17.1 Å². The fraction of sp³-hybridized carbons (Fsp3) is 0.417. The number of amides is 2. The number of carbonyl (C=O) groups is 2. The van der Waals surface area contributed by atoms with Crippen molar-refractivity contribution in [1.82, 2.24) is 14.5 Å². The predicted molar refractivity (Wildman–Crippen MR) is 126 cm³/mol. The van der Waals surface area contributed by atoms with Crippen molar-refractivity contribution in [3.63, 3.8) is 0 Å². The minimum atomic E-state index is -3.70. The first-order valence-corrected chi connectivity index (χ1v) is 13.0. The van der Waals surface area contributed by atoms with Gasteiger partial charge in [0.1, 0.15) is 11.9 Å². The zero-order valence-electron chi connectivity index (χ0n) is 19.0. The van der Waals surface area contributed by atoms with Crippen LogP contribution in [0.25, 0.3) is 0 Å². The van der Waals surface area contributed by atoms with E-state index in [4.69, 9.17) is 11.6 Å². The average molecular weight is 508 g/mol. The minimum Gasteiger partial charge on any atom is -0.347 e. The third kappa shape index (κ3) is 4.96. The van der Waals surface area contributed by atoms with Crippen LogP contribution in [0.2, 0.25) is 5.02 Å². The van der Waals surface area contributed by atoms with E-state index in [1.54, 1.807) is 12.1 Å². The van der Waals surface area contributed by atoms with Gasteiger partial charge in [-0.25, -0.2) is 17.1 Å². The molecule has 2 aliphatic rings. The third-order valence-corrected chi connectivity index (χ3v) is 8.49. The molecule has 182 valence electrons. The number of likely N-dealkylation sites (tertiary alicyclic amines) is 1. The summed E-state index contributed by atoms with van der Waals surface area (Å²) in [5, 5.41) is 3.05. The first-order chi connectivity index (χ1) is 16.1. The molecule has 4 rings (SSSR count). The lowest BCUT2D eigenvalue weighted by atomic mass is 10.0. The number of benzene rings is 2. The van der Waals surface area contributed by atoms with E-state index in [9.17, 15) is 22.4 Å². The van der Waals surface area contributed by atoms with E-state index < -0.39 is 27.8 Å². The lowest BCUT2D eigenvalue weighted by Gasteiger charge is -2.27. The van der Waals surface area contributed by atoms with E-state index in [0.29, 0.717) is 24.9 Å². The molecule has 2 aromatic carbocycles. The molecule has 7 nitrogen and oxygen atoms in total. The summed E-state index contributed by atoms with van der Waals surface area (Å²) >= 11 is 5.81. The summed E-state index contributed by atoms with van der Waals surface area (Å²) in [7, 11) is -0.851. The summed E-state index contributed by atoms with van der Waals surface area (Å²) in [5.41, 5.74) is 0.858. The van der Waals surface area contributed by atoms with Gasteiger partial charge in [0, 0.05) is 26.2 Å². The molecule has 0 unspecified atom stereocenters. The van der Waals surface area contributed by atoms with Gasteiger partial charge in [-0.3, -0.25) is 9.59 Å². The van der Waals surface area contributed by atoms with Crippen molar-refractivity contribution in [3.8, 4) is 0 Å². The van der Waals surface area contributed by atoms with Gasteiger partial charge in [-0.15, -0.1) is 0 Å². The van der Waals surface area contributed by atoms with Crippen molar-refractivity contribution in [2.75, 3.05) is 20.6 Å². The van der Waals surface area contributed by atoms with Gasteiger partial charge in [-0.2, -0.15) is 0 Å². The highest BCUT2D eigenvalue weighted by atomic mass is 35.5. The first kappa shape index (κ1) is 24.6. The highest BCUT2D eigenvalue weighted by molar-refractivity contribution is 7.89. The van der Waals surface area contributed by atoms with E-state index in [1.165, 1.54) is 49.3 Å². The molecule has 1 heterocycles. The summed E-state index contributed by atoms with van der Waals surface area (Å²) in [6, 6.07) is 9.35. The van der Waals surface area contributed by atoms with Gasteiger partial charge in [0.15, 0.2) is 0 Å². The molecular weight excluding hydrogens is 481 g/mol. The maximum atomic E-state index is 14.0. The number of hydrogen-bond acceptors (Lipinski definition) is 4. The molecule has 0 spiro atoms. The number of rotatable bonds is 7. The first-order valence-electron chi connectivity index (χ1n) is 11.2. The molecule has 10 heteroatoms. The second-order valence-electron chi connectivity index (χ2n) is 8.97. The van der Waals surface area contributed by atoms with Crippen LogP contribution in [-0.2, 0) is 14.8 Å². The quantitative estimate of drug-likeness (QED) is 0.620. The van der Waals surface area contributed by atoms with Crippen LogP contribution in [-0.4, -0.2) is 56.1 Å². The molecular formula is C24H27ClFN3O4S. The van der Waals surface area contributed by atoms with E-state index in [-0.39, 0.29) is 33.3 Å². The van der Waals surface area contributed by atoms with E-state index in [1.807, 2.05) is 0 Å². The Kier molecular flexibility index (Phi) is 6.98. The van der Waals surface area contributed by atoms with Crippen LogP contribution in [0.3, 0.4) is 0 Å². The Balaban J connectivity index is 1.53. The van der Waals surface area contributed by atoms with Crippen LogP contribution < -0.4 is 5.32 Å². The van der Waals surface area contributed by atoms with Gasteiger partial charge in [-0.05, 0) is 67.5 Å². The van der Waals surface area contributed by atoms with Gasteiger partial charge >= 0.3 is 0 Å². The van der Waals surface area contributed by atoms with Crippen LogP contribution in [0.1, 0.15) is 47.6 Å². The Labute approximate surface area is 203 Å². The highest BCUT2D eigenvalue weighted by Gasteiger charge is 2.39. The van der Waals surface area contributed by atoms with Crippen molar-refractivity contribution < 1.29 is 22.4 Å². The van der Waals surface area contributed by atoms with Crippen LogP contribution in [0, 0.1) is 11.7 Å². The summed E-state index contributed by atoms with van der Waals surface area (Å²) < 4.78 is 40.1. The SMILES string of the molecule is CN(C)S(=O)(=O)c1cccc(C(=O)N2CCC[C@@H]2C(=O)N[C@@H](c2ccc(Cl)c(F)c2)C2CC2)c1.